The van der Waals surface area contributed by atoms with Crippen molar-refractivity contribution in [3.05, 3.63) is 41.9 Å². The maximum absolute atomic E-state index is 12.7. The first-order valence-electron chi connectivity index (χ1n) is 9.92. The van der Waals surface area contributed by atoms with Gasteiger partial charge in [-0.2, -0.15) is 0 Å². The smallest absolute Gasteiger partial charge is 0.254 e. The molecule has 0 aromatic carbocycles. The molecule has 1 atom stereocenters. The van der Waals surface area contributed by atoms with E-state index in [2.05, 4.69) is 27.3 Å². The first kappa shape index (κ1) is 18.5. The molecule has 1 fully saturated rings. The summed E-state index contributed by atoms with van der Waals surface area (Å²) in [5.41, 5.74) is 2.07. The van der Waals surface area contributed by atoms with Crippen molar-refractivity contribution < 1.29 is 14.1 Å². The SMILES string of the molecule is CC(C)Oc1cc(CCC(=O)N2CCCC(c3cc4cccnc4[nH]3)C2)on1. The van der Waals surface area contributed by atoms with Gasteiger partial charge in [0.1, 0.15) is 11.4 Å². The van der Waals surface area contributed by atoms with Crippen LogP contribution in [0.4, 0.5) is 0 Å². The van der Waals surface area contributed by atoms with Gasteiger partial charge in [0.2, 0.25) is 5.91 Å². The summed E-state index contributed by atoms with van der Waals surface area (Å²) in [5, 5.41) is 5.00. The number of amides is 1. The highest BCUT2D eigenvalue weighted by atomic mass is 16.5. The average Bonchev–Trinajstić information content (AvgIpc) is 3.32. The van der Waals surface area contributed by atoms with Gasteiger partial charge in [-0.1, -0.05) is 0 Å². The molecule has 1 aliphatic heterocycles. The second-order valence-electron chi connectivity index (χ2n) is 7.64. The predicted molar refractivity (Wildman–Crippen MR) is 105 cm³/mol. The number of aryl methyl sites for hydroxylation is 1. The van der Waals surface area contributed by atoms with Crippen LogP contribution in [0.25, 0.3) is 11.0 Å². The van der Waals surface area contributed by atoms with E-state index in [4.69, 9.17) is 9.26 Å². The summed E-state index contributed by atoms with van der Waals surface area (Å²) in [6.45, 7) is 5.43. The number of hydrogen-bond acceptors (Lipinski definition) is 5. The molecule has 1 amide bonds. The number of carbonyl (C=O) groups is 1. The number of pyridine rings is 1. The summed E-state index contributed by atoms with van der Waals surface area (Å²) in [6, 6.07) is 7.93. The number of rotatable bonds is 6. The van der Waals surface area contributed by atoms with Crippen LogP contribution in [-0.2, 0) is 11.2 Å². The number of H-pyrrole nitrogens is 1. The minimum atomic E-state index is 0.0460. The first-order chi connectivity index (χ1) is 13.6. The van der Waals surface area contributed by atoms with Crippen LogP contribution in [0.15, 0.2) is 35.0 Å². The van der Waals surface area contributed by atoms with Crippen molar-refractivity contribution in [2.24, 2.45) is 0 Å². The minimum Gasteiger partial charge on any atom is -0.473 e. The van der Waals surface area contributed by atoms with Crippen LogP contribution >= 0.6 is 0 Å². The molecule has 3 aromatic rings. The van der Waals surface area contributed by atoms with Gasteiger partial charge in [0, 0.05) is 55.2 Å². The predicted octanol–water partition coefficient (Wildman–Crippen LogP) is 3.68. The number of piperidine rings is 1. The molecular weight excluding hydrogens is 356 g/mol. The van der Waals surface area contributed by atoms with Crippen LogP contribution in [0.3, 0.4) is 0 Å². The number of nitrogens with one attached hydrogen (secondary N) is 1. The highest BCUT2D eigenvalue weighted by molar-refractivity contribution is 5.77. The fraction of sp³-hybridized carbons (Fsp3) is 0.476. The van der Waals surface area contributed by atoms with Crippen molar-refractivity contribution in [3.63, 3.8) is 0 Å². The third-order valence-electron chi connectivity index (χ3n) is 5.11. The quantitative estimate of drug-likeness (QED) is 0.703. The molecule has 4 heterocycles. The Balaban J connectivity index is 1.34. The van der Waals surface area contributed by atoms with Gasteiger partial charge in [0.15, 0.2) is 0 Å². The number of fused-ring (bicyclic) bond motifs is 1. The summed E-state index contributed by atoms with van der Waals surface area (Å²) in [6.07, 6.45) is 4.87. The number of aromatic amines is 1. The maximum Gasteiger partial charge on any atom is 0.254 e. The third kappa shape index (κ3) is 4.18. The molecule has 148 valence electrons. The van der Waals surface area contributed by atoms with E-state index in [1.54, 1.807) is 12.3 Å². The highest BCUT2D eigenvalue weighted by Gasteiger charge is 2.26. The zero-order valence-electron chi connectivity index (χ0n) is 16.4. The lowest BCUT2D eigenvalue weighted by atomic mass is 9.94. The van der Waals surface area contributed by atoms with Crippen LogP contribution in [0.2, 0.25) is 0 Å². The Morgan fingerprint density at radius 2 is 2.32 bits per heavy atom. The molecule has 0 bridgehead atoms. The van der Waals surface area contributed by atoms with Crippen LogP contribution in [0, 0.1) is 0 Å². The van der Waals surface area contributed by atoms with E-state index in [9.17, 15) is 4.79 Å². The average molecular weight is 382 g/mol. The Labute approximate surface area is 164 Å². The van der Waals surface area contributed by atoms with Gasteiger partial charge in [-0.15, -0.1) is 0 Å². The number of aromatic nitrogens is 3. The zero-order valence-corrected chi connectivity index (χ0v) is 16.4. The molecule has 1 N–H and O–H groups in total. The van der Waals surface area contributed by atoms with Crippen molar-refractivity contribution >= 4 is 16.9 Å². The van der Waals surface area contributed by atoms with Crippen molar-refractivity contribution in [1.29, 1.82) is 0 Å². The van der Waals surface area contributed by atoms with Crippen LogP contribution in [0.1, 0.15) is 50.5 Å². The second kappa shape index (κ2) is 8.04. The fourth-order valence-electron chi connectivity index (χ4n) is 3.75. The first-order valence-corrected chi connectivity index (χ1v) is 9.92. The van der Waals surface area contributed by atoms with E-state index in [-0.39, 0.29) is 12.0 Å². The molecule has 1 saturated heterocycles. The van der Waals surface area contributed by atoms with E-state index in [0.717, 1.165) is 42.7 Å². The number of hydrogen-bond donors (Lipinski definition) is 1. The molecule has 3 aromatic heterocycles. The van der Waals surface area contributed by atoms with Gasteiger partial charge in [-0.05, 0) is 50.0 Å². The normalized spacial score (nSPS) is 17.4. The van der Waals surface area contributed by atoms with E-state index >= 15 is 0 Å². The largest absolute Gasteiger partial charge is 0.473 e. The van der Waals surface area contributed by atoms with Gasteiger partial charge >= 0.3 is 0 Å². The summed E-state index contributed by atoms with van der Waals surface area (Å²) < 4.78 is 10.8. The molecular formula is C21H26N4O3. The monoisotopic (exact) mass is 382 g/mol. The zero-order chi connectivity index (χ0) is 19.5. The molecule has 0 radical (unpaired) electrons. The molecule has 1 unspecified atom stereocenters. The number of nitrogens with zero attached hydrogens (tertiary/aromatic N) is 3. The highest BCUT2D eigenvalue weighted by Crippen LogP contribution is 2.29. The number of likely N-dealkylation sites (tertiary alicyclic amines) is 1. The van der Waals surface area contributed by atoms with E-state index in [1.165, 1.54) is 0 Å². The van der Waals surface area contributed by atoms with Crippen molar-refractivity contribution in [2.45, 2.75) is 51.6 Å². The third-order valence-corrected chi connectivity index (χ3v) is 5.11. The lowest BCUT2D eigenvalue weighted by molar-refractivity contribution is -0.132. The maximum atomic E-state index is 12.7. The summed E-state index contributed by atoms with van der Waals surface area (Å²) in [5.74, 6) is 1.63. The summed E-state index contributed by atoms with van der Waals surface area (Å²) in [4.78, 5) is 22.5. The van der Waals surface area contributed by atoms with Gasteiger partial charge in [0.05, 0.1) is 6.10 Å². The molecule has 0 aliphatic carbocycles. The van der Waals surface area contributed by atoms with Crippen LogP contribution in [-0.4, -0.2) is 45.1 Å². The van der Waals surface area contributed by atoms with Crippen LogP contribution in [0.5, 0.6) is 5.88 Å². The van der Waals surface area contributed by atoms with E-state index < -0.39 is 0 Å². The van der Waals surface area contributed by atoms with Gasteiger partial charge in [0.25, 0.3) is 5.88 Å². The Hall–Kier alpha value is -2.83. The molecule has 7 nitrogen and oxygen atoms in total. The van der Waals surface area contributed by atoms with E-state index in [0.29, 0.717) is 30.4 Å². The fourth-order valence-corrected chi connectivity index (χ4v) is 3.75. The Morgan fingerprint density at radius 1 is 1.43 bits per heavy atom. The second-order valence-corrected chi connectivity index (χ2v) is 7.64. The van der Waals surface area contributed by atoms with E-state index in [1.807, 2.05) is 24.8 Å². The lowest BCUT2D eigenvalue weighted by Crippen LogP contribution is -2.39. The number of carbonyl (C=O) groups excluding carboxylic acids is 1. The Kier molecular flexibility index (Phi) is 5.32. The van der Waals surface area contributed by atoms with Gasteiger partial charge < -0.3 is 19.1 Å². The number of ether oxygens (including phenoxy) is 1. The standard InChI is InChI=1S/C21H26N4O3/c1-14(2)27-19-12-17(28-24-19)7-8-20(26)25-10-4-6-16(13-25)18-11-15-5-3-9-22-21(15)23-18/h3,5,9,11-12,14,16H,4,6-8,10,13H2,1-2H3,(H,22,23). The van der Waals surface area contributed by atoms with Crippen molar-refractivity contribution in [1.82, 2.24) is 20.0 Å². The summed E-state index contributed by atoms with van der Waals surface area (Å²) >= 11 is 0. The Bertz CT molecular complexity index is 913. The minimum absolute atomic E-state index is 0.0460. The molecule has 0 spiro atoms. The van der Waals surface area contributed by atoms with Gasteiger partial charge in [-0.3, -0.25) is 4.79 Å². The van der Waals surface area contributed by atoms with Crippen LogP contribution < -0.4 is 4.74 Å². The topological polar surface area (TPSA) is 84.2 Å². The molecule has 1 aliphatic rings. The summed E-state index contributed by atoms with van der Waals surface area (Å²) in [7, 11) is 0. The Morgan fingerprint density at radius 3 is 3.14 bits per heavy atom. The molecule has 0 saturated carbocycles. The van der Waals surface area contributed by atoms with Gasteiger partial charge in [-0.25, -0.2) is 4.98 Å². The van der Waals surface area contributed by atoms with Crippen molar-refractivity contribution in [2.75, 3.05) is 13.1 Å². The molecule has 28 heavy (non-hydrogen) atoms. The van der Waals surface area contributed by atoms with Crippen molar-refractivity contribution in [3.8, 4) is 5.88 Å². The molecule has 4 rings (SSSR count). The lowest BCUT2D eigenvalue weighted by Gasteiger charge is -2.32. The molecule has 7 heteroatoms.